The third-order valence-electron chi connectivity index (χ3n) is 1.36. The Labute approximate surface area is 69.0 Å². The summed E-state index contributed by atoms with van der Waals surface area (Å²) in [7, 11) is 1.62. The fourth-order valence-corrected chi connectivity index (χ4v) is 0.832. The average molecular weight is 167 g/mol. The van der Waals surface area contributed by atoms with Gasteiger partial charge >= 0.3 is 0 Å². The number of aromatic nitrogens is 2. The van der Waals surface area contributed by atoms with E-state index in [1.54, 1.807) is 7.05 Å². The maximum atomic E-state index is 10.8. The molecule has 0 unspecified atom stereocenters. The lowest BCUT2D eigenvalue weighted by atomic mass is 10.2. The Morgan fingerprint density at radius 1 is 1.58 bits per heavy atom. The molecule has 0 aliphatic rings. The Hall–Kier alpha value is -1.85. The number of nitrogen functional groups attached to an aromatic ring is 1. The van der Waals surface area contributed by atoms with Crippen molar-refractivity contribution in [2.24, 2.45) is 5.73 Å². The van der Waals surface area contributed by atoms with Crippen LogP contribution < -0.4 is 16.8 Å². The number of hydrogen-bond donors (Lipinski definition) is 3. The van der Waals surface area contributed by atoms with E-state index in [0.717, 1.165) is 0 Å². The standard InChI is InChI=1S/C6H9N5O/c1-9-6-3(5(8)12)4(7)10-2-11-6/h2H,1H3,(H2,8,12)(H3,7,9,10,11). The monoisotopic (exact) mass is 167 g/mol. The number of amides is 1. The van der Waals surface area contributed by atoms with E-state index < -0.39 is 5.91 Å². The van der Waals surface area contributed by atoms with Gasteiger partial charge in [0.2, 0.25) is 0 Å². The van der Waals surface area contributed by atoms with Crippen molar-refractivity contribution in [3.05, 3.63) is 11.9 Å². The first-order chi connectivity index (χ1) is 5.66. The van der Waals surface area contributed by atoms with Crippen molar-refractivity contribution in [3.63, 3.8) is 0 Å². The number of primary amides is 1. The number of carbonyl (C=O) groups excluding carboxylic acids is 1. The number of nitrogens with zero attached hydrogens (tertiary/aromatic N) is 2. The van der Waals surface area contributed by atoms with Crippen molar-refractivity contribution in [1.82, 2.24) is 9.97 Å². The molecule has 0 aliphatic carbocycles. The molecule has 64 valence electrons. The van der Waals surface area contributed by atoms with E-state index >= 15 is 0 Å². The van der Waals surface area contributed by atoms with E-state index in [-0.39, 0.29) is 11.4 Å². The molecular weight excluding hydrogens is 158 g/mol. The number of anilines is 2. The predicted molar refractivity (Wildman–Crippen MR) is 44.5 cm³/mol. The summed E-state index contributed by atoms with van der Waals surface area (Å²) in [6.45, 7) is 0. The van der Waals surface area contributed by atoms with Gasteiger partial charge in [-0.2, -0.15) is 0 Å². The molecule has 0 fully saturated rings. The van der Waals surface area contributed by atoms with Crippen LogP contribution in [0.4, 0.5) is 11.6 Å². The lowest BCUT2D eigenvalue weighted by Crippen LogP contribution is -2.17. The highest BCUT2D eigenvalue weighted by Crippen LogP contribution is 2.14. The normalized spacial score (nSPS) is 9.42. The molecule has 0 saturated heterocycles. The average Bonchev–Trinajstić information content (AvgIpc) is 2.03. The van der Waals surface area contributed by atoms with Crippen molar-refractivity contribution in [1.29, 1.82) is 0 Å². The first kappa shape index (κ1) is 8.25. The molecule has 12 heavy (non-hydrogen) atoms. The smallest absolute Gasteiger partial charge is 0.256 e. The SMILES string of the molecule is CNc1ncnc(N)c1C(N)=O. The Kier molecular flexibility index (Phi) is 2.09. The molecule has 0 bridgehead atoms. The van der Waals surface area contributed by atoms with Gasteiger partial charge in [0, 0.05) is 7.05 Å². The predicted octanol–water partition coefficient (Wildman–Crippen LogP) is -0.801. The molecular formula is C6H9N5O. The quantitative estimate of drug-likeness (QED) is 0.534. The van der Waals surface area contributed by atoms with E-state index in [1.165, 1.54) is 6.33 Å². The van der Waals surface area contributed by atoms with E-state index in [2.05, 4.69) is 15.3 Å². The van der Waals surface area contributed by atoms with Gasteiger partial charge in [0.25, 0.3) is 5.91 Å². The van der Waals surface area contributed by atoms with Crippen molar-refractivity contribution in [2.45, 2.75) is 0 Å². The molecule has 5 N–H and O–H groups in total. The van der Waals surface area contributed by atoms with Crippen LogP contribution in [-0.4, -0.2) is 22.9 Å². The number of nitrogens with one attached hydrogen (secondary N) is 1. The van der Waals surface area contributed by atoms with Crippen molar-refractivity contribution < 1.29 is 4.79 Å². The first-order valence-electron chi connectivity index (χ1n) is 3.25. The van der Waals surface area contributed by atoms with E-state index in [4.69, 9.17) is 11.5 Å². The number of rotatable bonds is 2. The maximum absolute atomic E-state index is 10.8. The van der Waals surface area contributed by atoms with E-state index in [9.17, 15) is 4.79 Å². The summed E-state index contributed by atoms with van der Waals surface area (Å²) < 4.78 is 0. The third-order valence-corrected chi connectivity index (χ3v) is 1.36. The van der Waals surface area contributed by atoms with Crippen LogP contribution in [0.15, 0.2) is 6.33 Å². The highest BCUT2D eigenvalue weighted by Gasteiger charge is 2.12. The summed E-state index contributed by atoms with van der Waals surface area (Å²) in [5, 5.41) is 2.69. The number of carbonyl (C=O) groups is 1. The largest absolute Gasteiger partial charge is 0.383 e. The highest BCUT2D eigenvalue weighted by molar-refractivity contribution is 6.01. The van der Waals surface area contributed by atoms with Crippen LogP contribution in [0.2, 0.25) is 0 Å². The zero-order valence-electron chi connectivity index (χ0n) is 6.53. The molecule has 6 heteroatoms. The van der Waals surface area contributed by atoms with Gasteiger partial charge < -0.3 is 16.8 Å². The molecule has 0 aliphatic heterocycles. The summed E-state index contributed by atoms with van der Waals surface area (Å²) in [4.78, 5) is 18.2. The van der Waals surface area contributed by atoms with Gasteiger partial charge in [0.1, 0.15) is 23.5 Å². The third kappa shape index (κ3) is 1.26. The van der Waals surface area contributed by atoms with Gasteiger partial charge in [0.05, 0.1) is 0 Å². The molecule has 0 atom stereocenters. The van der Waals surface area contributed by atoms with Crippen LogP contribution in [0.1, 0.15) is 10.4 Å². The molecule has 1 heterocycles. The van der Waals surface area contributed by atoms with E-state index in [1.807, 2.05) is 0 Å². The zero-order chi connectivity index (χ0) is 9.14. The zero-order valence-corrected chi connectivity index (χ0v) is 6.53. The highest BCUT2D eigenvalue weighted by atomic mass is 16.1. The Morgan fingerprint density at radius 3 is 2.67 bits per heavy atom. The van der Waals surface area contributed by atoms with Crippen LogP contribution >= 0.6 is 0 Å². The van der Waals surface area contributed by atoms with Gasteiger partial charge in [-0.3, -0.25) is 4.79 Å². The fraction of sp³-hybridized carbons (Fsp3) is 0.167. The lowest BCUT2D eigenvalue weighted by molar-refractivity contribution is 0.100. The second kappa shape index (κ2) is 3.04. The van der Waals surface area contributed by atoms with Gasteiger partial charge in [-0.25, -0.2) is 9.97 Å². The number of hydrogen-bond acceptors (Lipinski definition) is 5. The van der Waals surface area contributed by atoms with Crippen molar-refractivity contribution in [2.75, 3.05) is 18.1 Å². The Morgan fingerprint density at radius 2 is 2.25 bits per heavy atom. The Bertz CT molecular complexity index is 311. The molecule has 1 aromatic heterocycles. The summed E-state index contributed by atoms with van der Waals surface area (Å²) in [6.07, 6.45) is 1.26. The van der Waals surface area contributed by atoms with Crippen molar-refractivity contribution >= 4 is 17.5 Å². The summed E-state index contributed by atoms with van der Waals surface area (Å²) in [5.41, 5.74) is 10.6. The number of nitrogens with two attached hydrogens (primary N) is 2. The van der Waals surface area contributed by atoms with Crippen LogP contribution in [-0.2, 0) is 0 Å². The van der Waals surface area contributed by atoms with Crippen LogP contribution in [0, 0.1) is 0 Å². The first-order valence-corrected chi connectivity index (χ1v) is 3.25. The molecule has 0 spiro atoms. The molecule has 0 radical (unpaired) electrons. The van der Waals surface area contributed by atoms with Crippen LogP contribution in [0.25, 0.3) is 0 Å². The molecule has 1 amide bonds. The minimum atomic E-state index is -0.641. The molecule has 0 saturated carbocycles. The molecule has 1 rings (SSSR count). The molecule has 0 aromatic carbocycles. The van der Waals surface area contributed by atoms with Crippen molar-refractivity contribution in [3.8, 4) is 0 Å². The minimum absolute atomic E-state index is 0.0850. The van der Waals surface area contributed by atoms with Gasteiger partial charge in [-0.15, -0.1) is 0 Å². The molecule has 1 aromatic rings. The summed E-state index contributed by atoms with van der Waals surface area (Å²) >= 11 is 0. The maximum Gasteiger partial charge on any atom is 0.256 e. The Balaban J connectivity index is 3.29. The second-order valence-electron chi connectivity index (χ2n) is 2.10. The molecule has 6 nitrogen and oxygen atoms in total. The fourth-order valence-electron chi connectivity index (χ4n) is 0.832. The van der Waals surface area contributed by atoms with Gasteiger partial charge in [-0.05, 0) is 0 Å². The minimum Gasteiger partial charge on any atom is -0.383 e. The van der Waals surface area contributed by atoms with Gasteiger partial charge in [0.15, 0.2) is 0 Å². The lowest BCUT2D eigenvalue weighted by Gasteiger charge is -2.05. The topological polar surface area (TPSA) is 107 Å². The second-order valence-corrected chi connectivity index (χ2v) is 2.10. The summed E-state index contributed by atoms with van der Waals surface area (Å²) in [5.74, 6) is -0.214. The summed E-state index contributed by atoms with van der Waals surface area (Å²) in [6, 6.07) is 0. The van der Waals surface area contributed by atoms with Crippen LogP contribution in [0.3, 0.4) is 0 Å². The van der Waals surface area contributed by atoms with E-state index in [0.29, 0.717) is 5.82 Å². The van der Waals surface area contributed by atoms with Crippen LogP contribution in [0.5, 0.6) is 0 Å². The van der Waals surface area contributed by atoms with Gasteiger partial charge in [-0.1, -0.05) is 0 Å².